The van der Waals surface area contributed by atoms with Crippen LogP contribution in [0.5, 0.6) is 0 Å². The van der Waals surface area contributed by atoms with Crippen LogP contribution in [-0.4, -0.2) is 47.4 Å². The standard InChI is InChI=1S/C49H95NO5/c1-3-5-7-9-11-13-15-16-17-18-22-25-29-33-37-41-47(52)46(45-51)50-48(53)42-38-34-30-26-23-19-20-24-28-32-36-40-44-55-49(54)43-39-35-31-27-21-14-12-10-8-6-4-2/h20,24,46-47,51-52H,3-19,21-23,25-45H2,1-2H3,(H,50,53)/b24-20-. The van der Waals surface area contributed by atoms with E-state index in [1.165, 1.54) is 154 Å². The van der Waals surface area contributed by atoms with Crippen molar-refractivity contribution >= 4 is 11.9 Å². The van der Waals surface area contributed by atoms with Gasteiger partial charge in [-0.05, 0) is 57.8 Å². The molecular formula is C49H95NO5. The zero-order valence-electron chi connectivity index (χ0n) is 36.9. The summed E-state index contributed by atoms with van der Waals surface area (Å²) in [5.41, 5.74) is 0. The number of rotatable bonds is 45. The molecule has 0 aliphatic heterocycles. The molecule has 0 saturated heterocycles. The average Bonchev–Trinajstić information content (AvgIpc) is 3.18. The molecule has 0 aromatic rings. The van der Waals surface area contributed by atoms with Gasteiger partial charge in [0, 0.05) is 12.8 Å². The topological polar surface area (TPSA) is 95.9 Å². The van der Waals surface area contributed by atoms with Crippen LogP contribution in [0, 0.1) is 0 Å². The Hall–Kier alpha value is -1.40. The quantitative estimate of drug-likeness (QED) is 0.0325. The number of hydrogen-bond donors (Lipinski definition) is 3. The average molecular weight is 778 g/mol. The molecule has 0 bridgehead atoms. The van der Waals surface area contributed by atoms with Gasteiger partial charge in [-0.25, -0.2) is 0 Å². The van der Waals surface area contributed by atoms with Crippen LogP contribution in [-0.2, 0) is 14.3 Å². The molecule has 1 amide bonds. The number of unbranched alkanes of at least 4 members (excludes halogenated alkanes) is 32. The molecule has 6 heteroatoms. The Labute approximate surface area is 342 Å². The van der Waals surface area contributed by atoms with Crippen molar-refractivity contribution in [2.24, 2.45) is 0 Å². The number of ether oxygens (including phenoxy) is 1. The Morgan fingerprint density at radius 1 is 0.491 bits per heavy atom. The molecule has 3 N–H and O–H groups in total. The first-order valence-electron chi connectivity index (χ1n) is 24.4. The van der Waals surface area contributed by atoms with E-state index < -0.39 is 12.1 Å². The second-order valence-electron chi connectivity index (χ2n) is 16.8. The molecule has 2 atom stereocenters. The third-order valence-electron chi connectivity index (χ3n) is 11.3. The van der Waals surface area contributed by atoms with Crippen molar-refractivity contribution in [1.29, 1.82) is 0 Å². The first kappa shape index (κ1) is 53.6. The van der Waals surface area contributed by atoms with Crippen LogP contribution in [0.15, 0.2) is 12.2 Å². The monoisotopic (exact) mass is 778 g/mol. The van der Waals surface area contributed by atoms with Crippen LogP contribution in [0.25, 0.3) is 0 Å². The van der Waals surface area contributed by atoms with E-state index >= 15 is 0 Å². The van der Waals surface area contributed by atoms with E-state index in [4.69, 9.17) is 4.74 Å². The predicted molar refractivity (Wildman–Crippen MR) is 237 cm³/mol. The van der Waals surface area contributed by atoms with Crippen LogP contribution in [0.2, 0.25) is 0 Å². The van der Waals surface area contributed by atoms with Crippen LogP contribution < -0.4 is 5.32 Å². The smallest absolute Gasteiger partial charge is 0.305 e. The summed E-state index contributed by atoms with van der Waals surface area (Å²) in [6, 6.07) is -0.558. The Morgan fingerprint density at radius 2 is 0.855 bits per heavy atom. The van der Waals surface area contributed by atoms with Crippen LogP contribution in [0.3, 0.4) is 0 Å². The zero-order valence-corrected chi connectivity index (χ0v) is 36.9. The fraction of sp³-hybridized carbons (Fsp3) is 0.918. The fourth-order valence-corrected chi connectivity index (χ4v) is 7.51. The maximum atomic E-state index is 12.4. The molecule has 326 valence electrons. The number of allylic oxidation sites excluding steroid dienone is 2. The summed E-state index contributed by atoms with van der Waals surface area (Å²) in [5.74, 6) is -0.0829. The second kappa shape index (κ2) is 45.3. The number of carbonyl (C=O) groups is 2. The van der Waals surface area contributed by atoms with Crippen molar-refractivity contribution in [3.05, 3.63) is 12.2 Å². The number of hydrogen-bond acceptors (Lipinski definition) is 5. The van der Waals surface area contributed by atoms with Crippen molar-refractivity contribution in [2.75, 3.05) is 13.2 Å². The Kier molecular flexibility index (Phi) is 44.2. The minimum Gasteiger partial charge on any atom is -0.466 e. The van der Waals surface area contributed by atoms with Gasteiger partial charge >= 0.3 is 5.97 Å². The van der Waals surface area contributed by atoms with E-state index in [1.807, 2.05) is 0 Å². The lowest BCUT2D eigenvalue weighted by molar-refractivity contribution is -0.143. The van der Waals surface area contributed by atoms with Gasteiger partial charge in [0.15, 0.2) is 0 Å². The highest BCUT2D eigenvalue weighted by Crippen LogP contribution is 2.16. The van der Waals surface area contributed by atoms with Crippen molar-refractivity contribution in [2.45, 2.75) is 276 Å². The third kappa shape index (κ3) is 42.0. The van der Waals surface area contributed by atoms with Crippen molar-refractivity contribution in [3.8, 4) is 0 Å². The summed E-state index contributed by atoms with van der Waals surface area (Å²) < 4.78 is 5.42. The van der Waals surface area contributed by atoms with E-state index in [9.17, 15) is 19.8 Å². The minimum absolute atomic E-state index is 0.0230. The number of amides is 1. The SMILES string of the molecule is CCCCCCCCCCCCCCCCCC(O)C(CO)NC(=O)CCCCCCC/C=C\CCCCCOC(=O)CCCCCCCCCCCCC. The van der Waals surface area contributed by atoms with Gasteiger partial charge in [0.2, 0.25) is 5.91 Å². The maximum Gasteiger partial charge on any atom is 0.305 e. The highest BCUT2D eigenvalue weighted by molar-refractivity contribution is 5.76. The predicted octanol–water partition coefficient (Wildman–Crippen LogP) is 14.2. The molecule has 0 aliphatic rings. The Balaban J connectivity index is 3.52. The third-order valence-corrected chi connectivity index (χ3v) is 11.3. The molecule has 55 heavy (non-hydrogen) atoms. The van der Waals surface area contributed by atoms with Gasteiger partial charge in [0.05, 0.1) is 25.4 Å². The zero-order chi connectivity index (χ0) is 40.1. The lowest BCUT2D eigenvalue weighted by Gasteiger charge is -2.22. The molecule has 0 aromatic carbocycles. The van der Waals surface area contributed by atoms with Gasteiger partial charge in [-0.15, -0.1) is 0 Å². The van der Waals surface area contributed by atoms with Gasteiger partial charge in [0.1, 0.15) is 0 Å². The minimum atomic E-state index is -0.678. The molecule has 0 heterocycles. The molecule has 0 rings (SSSR count). The van der Waals surface area contributed by atoms with Gasteiger partial charge < -0.3 is 20.3 Å². The summed E-state index contributed by atoms with van der Waals surface area (Å²) in [4.78, 5) is 24.4. The summed E-state index contributed by atoms with van der Waals surface area (Å²) in [5, 5.41) is 23.2. The second-order valence-corrected chi connectivity index (χ2v) is 16.8. The molecular weight excluding hydrogens is 683 g/mol. The summed E-state index contributed by atoms with van der Waals surface area (Å²) in [6.07, 6.45) is 50.3. The first-order chi connectivity index (χ1) is 27.0. The molecule has 2 unspecified atom stereocenters. The van der Waals surface area contributed by atoms with Crippen LogP contribution in [0.4, 0.5) is 0 Å². The van der Waals surface area contributed by atoms with Gasteiger partial charge in [-0.2, -0.15) is 0 Å². The molecule has 0 fully saturated rings. The number of nitrogens with one attached hydrogen (secondary N) is 1. The number of esters is 1. The van der Waals surface area contributed by atoms with Crippen molar-refractivity contribution < 1.29 is 24.5 Å². The van der Waals surface area contributed by atoms with Crippen LogP contribution >= 0.6 is 0 Å². The van der Waals surface area contributed by atoms with E-state index in [0.717, 1.165) is 77.0 Å². The maximum absolute atomic E-state index is 12.4. The molecule has 0 saturated carbocycles. The Morgan fingerprint density at radius 3 is 1.29 bits per heavy atom. The van der Waals surface area contributed by atoms with Crippen LogP contribution in [0.1, 0.15) is 264 Å². The summed E-state index contributed by atoms with van der Waals surface area (Å²) in [6.45, 7) is 4.89. The van der Waals surface area contributed by atoms with Crippen molar-refractivity contribution in [1.82, 2.24) is 5.32 Å². The lowest BCUT2D eigenvalue weighted by atomic mass is 10.0. The van der Waals surface area contributed by atoms with Gasteiger partial charge in [-0.3, -0.25) is 9.59 Å². The molecule has 6 nitrogen and oxygen atoms in total. The Bertz CT molecular complexity index is 817. The van der Waals surface area contributed by atoms with E-state index in [1.54, 1.807) is 0 Å². The van der Waals surface area contributed by atoms with E-state index in [-0.39, 0.29) is 18.5 Å². The highest BCUT2D eigenvalue weighted by Gasteiger charge is 2.20. The largest absolute Gasteiger partial charge is 0.466 e. The van der Waals surface area contributed by atoms with Gasteiger partial charge in [-0.1, -0.05) is 206 Å². The summed E-state index contributed by atoms with van der Waals surface area (Å²) in [7, 11) is 0. The van der Waals surface area contributed by atoms with E-state index in [2.05, 4.69) is 31.3 Å². The van der Waals surface area contributed by atoms with Crippen molar-refractivity contribution in [3.63, 3.8) is 0 Å². The lowest BCUT2D eigenvalue weighted by Crippen LogP contribution is -2.45. The highest BCUT2D eigenvalue weighted by atomic mass is 16.5. The fourth-order valence-electron chi connectivity index (χ4n) is 7.51. The summed E-state index contributed by atoms with van der Waals surface area (Å²) >= 11 is 0. The first-order valence-corrected chi connectivity index (χ1v) is 24.4. The number of carbonyl (C=O) groups excluding carboxylic acids is 2. The molecule has 0 spiro atoms. The van der Waals surface area contributed by atoms with Gasteiger partial charge in [0.25, 0.3) is 0 Å². The molecule has 0 radical (unpaired) electrons. The number of aliphatic hydroxyl groups is 2. The normalized spacial score (nSPS) is 12.7. The van der Waals surface area contributed by atoms with E-state index in [0.29, 0.717) is 25.9 Å². The number of aliphatic hydroxyl groups excluding tert-OH is 2. The molecule has 0 aliphatic carbocycles. The molecule has 0 aromatic heterocycles.